The lowest BCUT2D eigenvalue weighted by molar-refractivity contribution is 0.0982. The second-order valence-electron chi connectivity index (χ2n) is 12.0. The second-order valence-corrected chi connectivity index (χ2v) is 16.0. The number of hydrogen-bond donors (Lipinski definition) is 2. The van der Waals surface area contributed by atoms with Gasteiger partial charge in [0.2, 0.25) is 5.95 Å². The molecule has 3 aromatic heterocycles. The molecule has 232 valence electrons. The Hall–Kier alpha value is -3.18. The van der Waals surface area contributed by atoms with Crippen LogP contribution in [-0.4, -0.2) is 100 Å². The highest BCUT2D eigenvalue weighted by Crippen LogP contribution is 2.41. The van der Waals surface area contributed by atoms with Crippen LogP contribution >= 0.6 is 23.1 Å². The van der Waals surface area contributed by atoms with Gasteiger partial charge in [-0.3, -0.25) is 14.9 Å². The lowest BCUT2D eigenvalue weighted by atomic mass is 10.0. The lowest BCUT2D eigenvalue weighted by Crippen LogP contribution is -2.52. The molecule has 2 fully saturated rings. The number of pyridine rings is 1. The zero-order valence-corrected chi connectivity index (χ0v) is 28.3. The fraction of sp³-hybridized carbons (Fsp3) is 0.452. The molecule has 11 nitrogen and oxygen atoms in total. The van der Waals surface area contributed by atoms with Crippen LogP contribution < -0.4 is 20.8 Å². The Morgan fingerprint density at radius 1 is 0.955 bits per heavy atom. The molecule has 5 heterocycles. The highest BCUT2D eigenvalue weighted by Gasteiger charge is 2.28. The van der Waals surface area contributed by atoms with Crippen LogP contribution in [0, 0.1) is 0 Å². The van der Waals surface area contributed by atoms with Gasteiger partial charge in [0.1, 0.15) is 24.3 Å². The molecule has 2 saturated heterocycles. The summed E-state index contributed by atoms with van der Waals surface area (Å²) in [6.45, 7) is 12.4. The summed E-state index contributed by atoms with van der Waals surface area (Å²) < 4.78 is 14.0. The third-order valence-corrected chi connectivity index (χ3v) is 10.7. The van der Waals surface area contributed by atoms with Crippen molar-refractivity contribution in [2.45, 2.75) is 32.2 Å². The van der Waals surface area contributed by atoms with E-state index in [1.807, 2.05) is 18.3 Å². The molecule has 6 rings (SSSR count). The Labute approximate surface area is 267 Å². The molecule has 0 spiro atoms. The molecule has 0 aliphatic carbocycles. The summed E-state index contributed by atoms with van der Waals surface area (Å²) in [7, 11) is -0.502. The van der Waals surface area contributed by atoms with Gasteiger partial charge >= 0.3 is 0 Å². The highest BCUT2D eigenvalue weighted by atomic mass is 79.9. The average molecular weight is 680 g/mol. The van der Waals surface area contributed by atoms with Gasteiger partial charge < -0.3 is 25.0 Å². The Bertz CT molecular complexity index is 1680. The van der Waals surface area contributed by atoms with Crippen LogP contribution in [0.4, 0.5) is 29.0 Å². The van der Waals surface area contributed by atoms with Crippen molar-refractivity contribution in [1.82, 2.24) is 34.7 Å². The van der Waals surface area contributed by atoms with Crippen LogP contribution in [0.1, 0.15) is 25.3 Å². The van der Waals surface area contributed by atoms with E-state index in [1.54, 1.807) is 31.9 Å². The third kappa shape index (κ3) is 6.73. The number of halogens is 1. The molecule has 0 amide bonds. The summed E-state index contributed by atoms with van der Waals surface area (Å²) in [6.07, 6.45) is 10.2. The maximum Gasteiger partial charge on any atom is 0.230 e. The number of aryl methyl sites for hydroxylation is 1. The molecule has 2 N–H and O–H groups in total. The molecule has 0 atom stereocenters. The van der Waals surface area contributed by atoms with Gasteiger partial charge in [0.25, 0.3) is 0 Å². The number of benzene rings is 1. The fourth-order valence-electron chi connectivity index (χ4n) is 6.21. The van der Waals surface area contributed by atoms with Gasteiger partial charge in [0.05, 0.1) is 32.9 Å². The van der Waals surface area contributed by atoms with Crippen molar-refractivity contribution >= 4 is 68.4 Å². The number of nitrogens with one attached hydrogen (secondary N) is 2. The summed E-state index contributed by atoms with van der Waals surface area (Å²) >= 11 is 3.57. The summed E-state index contributed by atoms with van der Waals surface area (Å²) in [5, 5.41) is 7.29. The monoisotopic (exact) mass is 678 g/mol. The molecule has 44 heavy (non-hydrogen) atoms. The zero-order valence-electron chi connectivity index (χ0n) is 25.8. The van der Waals surface area contributed by atoms with Crippen molar-refractivity contribution in [2.24, 2.45) is 0 Å². The zero-order chi connectivity index (χ0) is 30.8. The maximum absolute atomic E-state index is 13.4. The van der Waals surface area contributed by atoms with E-state index in [1.165, 1.54) is 37.2 Å². The molecule has 0 unspecified atom stereocenters. The molecule has 0 bridgehead atoms. The number of piperidine rings is 1. The van der Waals surface area contributed by atoms with Gasteiger partial charge in [-0.15, -0.1) is 0 Å². The first-order valence-electron chi connectivity index (χ1n) is 15.2. The van der Waals surface area contributed by atoms with Crippen LogP contribution in [0.2, 0.25) is 0 Å². The average Bonchev–Trinajstić information content (AvgIpc) is 3.02. The minimum atomic E-state index is -2.72. The molecule has 0 radical (unpaired) electrons. The predicted molar refractivity (Wildman–Crippen MR) is 183 cm³/mol. The number of piperazine rings is 1. The van der Waals surface area contributed by atoms with Crippen LogP contribution in [-0.2, 0) is 11.0 Å². The van der Waals surface area contributed by atoms with Crippen molar-refractivity contribution in [3.8, 4) is 0 Å². The first-order chi connectivity index (χ1) is 21.2. The van der Waals surface area contributed by atoms with Gasteiger partial charge in [0.15, 0.2) is 0 Å². The molecule has 2 aliphatic heterocycles. The predicted octanol–water partition coefficient (Wildman–Crippen LogP) is 5.09. The standard InChI is InChI=1S/C31H40BrN10OP/c1-5-21-18-27(35-20-26(21)42-12-8-22(9-13-42)41-16-14-40(2)15-17-41)38-31-36-19-23(32)30(39-31)37-25-7-6-24-28(34-11-10-33-24)29(25)44(3,4)43/h6-7,10-11,18-20,22H,5,8-9,12-17H2,1-4H3,(H2,35,36,37,38,39). The molecule has 13 heteroatoms. The minimum absolute atomic E-state index is 0.407. The molecule has 4 aromatic rings. The Morgan fingerprint density at radius 2 is 1.70 bits per heavy atom. The van der Waals surface area contributed by atoms with E-state index in [0.29, 0.717) is 50.1 Å². The summed E-state index contributed by atoms with van der Waals surface area (Å²) in [6, 6.07) is 6.52. The second kappa shape index (κ2) is 13.0. The van der Waals surface area contributed by atoms with Crippen molar-refractivity contribution < 1.29 is 4.57 Å². The number of anilines is 5. The number of fused-ring (bicyclic) bond motifs is 1. The topological polar surface area (TPSA) is 115 Å². The SMILES string of the molecule is CCc1cc(Nc2ncc(Br)c(Nc3ccc4nccnc4c3P(C)(C)=O)n2)ncc1N1CCC(N2CCN(C)CC2)CC1. The van der Waals surface area contributed by atoms with E-state index < -0.39 is 7.14 Å². The van der Waals surface area contributed by atoms with Crippen LogP contribution in [0.25, 0.3) is 11.0 Å². The van der Waals surface area contributed by atoms with Crippen LogP contribution in [0.5, 0.6) is 0 Å². The van der Waals surface area contributed by atoms with Crippen molar-refractivity contribution in [3.63, 3.8) is 0 Å². The van der Waals surface area contributed by atoms with Crippen LogP contribution in [0.15, 0.2) is 47.5 Å². The summed E-state index contributed by atoms with van der Waals surface area (Å²) in [5.41, 5.74) is 4.45. The van der Waals surface area contributed by atoms with Crippen LogP contribution in [0.3, 0.4) is 0 Å². The number of nitrogens with zero attached hydrogens (tertiary/aromatic N) is 8. The van der Waals surface area contributed by atoms with Gasteiger partial charge in [-0.05, 0) is 79.3 Å². The van der Waals surface area contributed by atoms with Gasteiger partial charge in [-0.2, -0.15) is 4.98 Å². The van der Waals surface area contributed by atoms with E-state index in [0.717, 1.165) is 32.6 Å². The Balaban J connectivity index is 1.18. The van der Waals surface area contributed by atoms with E-state index >= 15 is 0 Å². The lowest BCUT2D eigenvalue weighted by Gasteiger charge is -2.42. The number of rotatable bonds is 8. The Kier molecular flexibility index (Phi) is 9.14. The number of aromatic nitrogens is 5. The first-order valence-corrected chi connectivity index (χ1v) is 18.6. The molecule has 1 aromatic carbocycles. The maximum atomic E-state index is 13.4. The summed E-state index contributed by atoms with van der Waals surface area (Å²) in [5.74, 6) is 1.64. The third-order valence-electron chi connectivity index (χ3n) is 8.60. The van der Waals surface area contributed by atoms with E-state index in [2.05, 4.69) is 76.3 Å². The largest absolute Gasteiger partial charge is 0.370 e. The van der Waals surface area contributed by atoms with E-state index in [4.69, 9.17) is 9.97 Å². The summed E-state index contributed by atoms with van der Waals surface area (Å²) in [4.78, 5) is 30.4. The number of likely N-dealkylation sites (N-methyl/N-ethyl adjacent to an activating group) is 1. The van der Waals surface area contributed by atoms with Crippen molar-refractivity contribution in [1.29, 1.82) is 0 Å². The molecule has 0 saturated carbocycles. The van der Waals surface area contributed by atoms with E-state index in [-0.39, 0.29) is 0 Å². The Morgan fingerprint density at radius 3 is 2.43 bits per heavy atom. The molecule has 2 aliphatic rings. The molecular formula is C31H40BrN10OP. The van der Waals surface area contributed by atoms with Gasteiger partial charge in [-0.25, -0.2) is 9.97 Å². The normalized spacial score (nSPS) is 17.2. The fourth-order valence-corrected chi connectivity index (χ4v) is 7.89. The number of hydrogen-bond acceptors (Lipinski definition) is 11. The van der Waals surface area contributed by atoms with Gasteiger partial charge in [-0.1, -0.05) is 6.92 Å². The highest BCUT2D eigenvalue weighted by molar-refractivity contribution is 9.10. The van der Waals surface area contributed by atoms with Gasteiger partial charge in [0, 0.05) is 63.9 Å². The minimum Gasteiger partial charge on any atom is -0.370 e. The van der Waals surface area contributed by atoms with Crippen molar-refractivity contribution in [2.75, 3.05) is 75.2 Å². The molecular weight excluding hydrogens is 639 g/mol. The first kappa shape index (κ1) is 30.8. The van der Waals surface area contributed by atoms with Crippen molar-refractivity contribution in [3.05, 3.63) is 53.0 Å². The quantitative estimate of drug-likeness (QED) is 0.243. The van der Waals surface area contributed by atoms with E-state index in [9.17, 15) is 4.57 Å². The smallest absolute Gasteiger partial charge is 0.230 e.